The molecule has 0 atom stereocenters. The Hall–Kier alpha value is 0.260. The van der Waals surface area contributed by atoms with E-state index in [0.717, 1.165) is 12.2 Å². The summed E-state index contributed by atoms with van der Waals surface area (Å²) < 4.78 is 21.9. The third kappa shape index (κ3) is 6.94. The summed E-state index contributed by atoms with van der Waals surface area (Å²) in [5, 5.41) is 8.44. The number of hydrogen-bond donors (Lipinski definition) is 1. The Labute approximate surface area is 78.5 Å². The van der Waals surface area contributed by atoms with Crippen molar-refractivity contribution in [3.8, 4) is 0 Å². The van der Waals surface area contributed by atoms with Crippen LogP contribution in [0.25, 0.3) is 0 Å². The summed E-state index contributed by atoms with van der Waals surface area (Å²) >= 11 is 1.58. The molecule has 0 heterocycles. The minimum atomic E-state index is -2.79. The number of sulfone groups is 1. The van der Waals surface area contributed by atoms with Crippen LogP contribution in [0.3, 0.4) is 0 Å². The second-order valence-electron chi connectivity index (χ2n) is 2.43. The van der Waals surface area contributed by atoms with Gasteiger partial charge in [-0.3, -0.25) is 0 Å². The molecule has 0 saturated heterocycles. The number of hydrogen-bond acceptors (Lipinski definition) is 4. The first-order chi connectivity index (χ1) is 5.62. The lowest BCUT2D eigenvalue weighted by molar-refractivity contribution is 0.296. The van der Waals surface area contributed by atoms with Gasteiger partial charge in [-0.05, 0) is 12.2 Å². The average molecular weight is 212 g/mol. The second kappa shape index (κ2) is 6.74. The number of aliphatic hydroxyl groups excluding tert-OH is 1. The first-order valence-electron chi connectivity index (χ1n) is 4.01. The molecular formula is C7H16O3S2. The molecule has 74 valence electrons. The van der Waals surface area contributed by atoms with Crippen LogP contribution in [0.1, 0.15) is 13.3 Å². The molecular weight excluding hydrogens is 196 g/mol. The number of thioether (sulfide) groups is 1. The lowest BCUT2D eigenvalue weighted by atomic mass is 10.5. The zero-order valence-corrected chi connectivity index (χ0v) is 8.96. The smallest absolute Gasteiger partial charge is 0.150 e. The van der Waals surface area contributed by atoms with Crippen LogP contribution in [0.2, 0.25) is 0 Å². The van der Waals surface area contributed by atoms with Gasteiger partial charge in [0.1, 0.15) is 0 Å². The summed E-state index contributed by atoms with van der Waals surface area (Å²) in [5.41, 5.74) is 0. The molecule has 3 nitrogen and oxygen atoms in total. The summed E-state index contributed by atoms with van der Waals surface area (Å²) in [6.07, 6.45) is 0.747. The summed E-state index contributed by atoms with van der Waals surface area (Å²) in [7, 11) is -2.79. The van der Waals surface area contributed by atoms with Gasteiger partial charge in [0.15, 0.2) is 9.84 Å². The Morgan fingerprint density at radius 1 is 1.33 bits per heavy atom. The third-order valence-corrected chi connectivity index (χ3v) is 4.46. The molecule has 0 radical (unpaired) electrons. The molecule has 0 aliphatic rings. The fourth-order valence-electron chi connectivity index (χ4n) is 0.599. The SMILES string of the molecule is CCS(=O)(=O)CCSCCCO. The van der Waals surface area contributed by atoms with E-state index in [0.29, 0.717) is 5.75 Å². The van der Waals surface area contributed by atoms with Crippen LogP contribution in [0, 0.1) is 0 Å². The van der Waals surface area contributed by atoms with Crippen LogP contribution in [0.4, 0.5) is 0 Å². The van der Waals surface area contributed by atoms with Gasteiger partial charge in [0.05, 0.1) is 5.75 Å². The number of rotatable bonds is 7. The Kier molecular flexibility index (Phi) is 6.89. The molecule has 0 fully saturated rings. The highest BCUT2D eigenvalue weighted by Gasteiger charge is 2.05. The van der Waals surface area contributed by atoms with E-state index in [9.17, 15) is 8.42 Å². The normalized spacial score (nSPS) is 11.8. The van der Waals surface area contributed by atoms with Crippen molar-refractivity contribution in [1.82, 2.24) is 0 Å². The maximum absolute atomic E-state index is 11.0. The minimum absolute atomic E-state index is 0.188. The molecule has 0 saturated carbocycles. The standard InChI is InChI=1S/C7H16O3S2/c1-2-12(9,10)7-6-11-5-3-4-8/h8H,2-7H2,1H3. The number of aliphatic hydroxyl groups is 1. The zero-order valence-electron chi connectivity index (χ0n) is 7.32. The molecule has 0 aromatic heterocycles. The van der Waals surface area contributed by atoms with Gasteiger partial charge in [-0.15, -0.1) is 0 Å². The van der Waals surface area contributed by atoms with Gasteiger partial charge in [-0.25, -0.2) is 8.42 Å². The Morgan fingerprint density at radius 2 is 2.00 bits per heavy atom. The van der Waals surface area contributed by atoms with Crippen LogP contribution in [-0.4, -0.2) is 43.1 Å². The average Bonchev–Trinajstić information content (AvgIpc) is 2.04. The van der Waals surface area contributed by atoms with Crippen molar-refractivity contribution in [3.63, 3.8) is 0 Å². The van der Waals surface area contributed by atoms with E-state index in [1.807, 2.05) is 0 Å². The van der Waals surface area contributed by atoms with Crippen LogP contribution < -0.4 is 0 Å². The van der Waals surface area contributed by atoms with Gasteiger partial charge in [0.25, 0.3) is 0 Å². The minimum Gasteiger partial charge on any atom is -0.396 e. The first kappa shape index (κ1) is 12.3. The van der Waals surface area contributed by atoms with E-state index >= 15 is 0 Å². The quantitative estimate of drug-likeness (QED) is 0.626. The fourth-order valence-corrected chi connectivity index (χ4v) is 2.91. The van der Waals surface area contributed by atoms with E-state index in [1.54, 1.807) is 18.7 Å². The summed E-state index contributed by atoms with van der Waals surface area (Å²) in [4.78, 5) is 0. The first-order valence-corrected chi connectivity index (χ1v) is 6.99. The summed E-state index contributed by atoms with van der Waals surface area (Å²) in [6.45, 7) is 1.85. The van der Waals surface area contributed by atoms with Crippen molar-refractivity contribution in [2.75, 3.05) is 29.6 Å². The molecule has 0 aliphatic carbocycles. The zero-order chi connectivity index (χ0) is 9.45. The van der Waals surface area contributed by atoms with E-state index in [2.05, 4.69) is 0 Å². The van der Waals surface area contributed by atoms with Crippen LogP contribution in [0.5, 0.6) is 0 Å². The third-order valence-electron chi connectivity index (χ3n) is 1.43. The molecule has 0 bridgehead atoms. The lowest BCUT2D eigenvalue weighted by Gasteiger charge is -2.00. The van der Waals surface area contributed by atoms with Crippen molar-refractivity contribution in [2.24, 2.45) is 0 Å². The second-order valence-corrected chi connectivity index (χ2v) is 6.12. The van der Waals surface area contributed by atoms with Crippen molar-refractivity contribution >= 4 is 21.6 Å². The van der Waals surface area contributed by atoms with Gasteiger partial charge in [-0.1, -0.05) is 6.92 Å². The molecule has 0 aliphatic heterocycles. The highest BCUT2D eigenvalue weighted by atomic mass is 32.2. The van der Waals surface area contributed by atoms with Crippen molar-refractivity contribution in [2.45, 2.75) is 13.3 Å². The van der Waals surface area contributed by atoms with Gasteiger partial charge >= 0.3 is 0 Å². The van der Waals surface area contributed by atoms with E-state index < -0.39 is 9.84 Å². The molecule has 0 rings (SSSR count). The maximum Gasteiger partial charge on any atom is 0.150 e. The van der Waals surface area contributed by atoms with E-state index in [-0.39, 0.29) is 18.1 Å². The predicted octanol–water partition coefficient (Wildman–Crippen LogP) is 0.537. The molecule has 0 amide bonds. The monoisotopic (exact) mass is 212 g/mol. The topological polar surface area (TPSA) is 54.4 Å². The molecule has 0 aromatic rings. The van der Waals surface area contributed by atoms with Crippen molar-refractivity contribution < 1.29 is 13.5 Å². The molecule has 0 aromatic carbocycles. The molecule has 0 spiro atoms. The lowest BCUT2D eigenvalue weighted by Crippen LogP contribution is -2.10. The molecule has 5 heteroatoms. The van der Waals surface area contributed by atoms with Gasteiger partial charge in [0, 0.05) is 18.1 Å². The highest BCUT2D eigenvalue weighted by molar-refractivity contribution is 8.00. The fraction of sp³-hybridized carbons (Fsp3) is 1.00. The summed E-state index contributed by atoms with van der Waals surface area (Å²) in [6, 6.07) is 0. The highest BCUT2D eigenvalue weighted by Crippen LogP contribution is 2.03. The Balaban J connectivity index is 3.32. The van der Waals surface area contributed by atoms with Crippen LogP contribution in [-0.2, 0) is 9.84 Å². The maximum atomic E-state index is 11.0. The largest absolute Gasteiger partial charge is 0.396 e. The molecule has 12 heavy (non-hydrogen) atoms. The van der Waals surface area contributed by atoms with Crippen LogP contribution in [0.15, 0.2) is 0 Å². The molecule has 0 unspecified atom stereocenters. The van der Waals surface area contributed by atoms with E-state index in [1.165, 1.54) is 0 Å². The van der Waals surface area contributed by atoms with Crippen molar-refractivity contribution in [1.29, 1.82) is 0 Å². The van der Waals surface area contributed by atoms with Crippen LogP contribution >= 0.6 is 11.8 Å². The van der Waals surface area contributed by atoms with E-state index in [4.69, 9.17) is 5.11 Å². The van der Waals surface area contributed by atoms with Gasteiger partial charge in [0.2, 0.25) is 0 Å². The molecule has 1 N–H and O–H groups in total. The predicted molar refractivity (Wildman–Crippen MR) is 53.4 cm³/mol. The van der Waals surface area contributed by atoms with Gasteiger partial charge < -0.3 is 5.11 Å². The Bertz CT molecular complexity index is 187. The van der Waals surface area contributed by atoms with Crippen molar-refractivity contribution in [3.05, 3.63) is 0 Å². The summed E-state index contributed by atoms with van der Waals surface area (Å²) in [5.74, 6) is 1.99. The Morgan fingerprint density at radius 3 is 2.50 bits per heavy atom. The van der Waals surface area contributed by atoms with Gasteiger partial charge in [-0.2, -0.15) is 11.8 Å².